The molecule has 2 amide bonds. The van der Waals surface area contributed by atoms with Crippen molar-refractivity contribution in [2.24, 2.45) is 0 Å². The number of thiazole rings is 1. The molecular weight excluding hydrogens is 352 g/mol. The smallest absolute Gasteiger partial charge is 0.282 e. The molecule has 2 radical (unpaired) electrons. The maximum Gasteiger partial charge on any atom is 0.282 e. The van der Waals surface area contributed by atoms with Crippen molar-refractivity contribution in [3.05, 3.63) is 16.1 Å². The molecule has 1 aromatic heterocycles. The van der Waals surface area contributed by atoms with Crippen LogP contribution < -0.4 is 0 Å². The third-order valence-corrected chi connectivity index (χ3v) is 2.55. The zero-order valence-electron chi connectivity index (χ0n) is 10.1. The van der Waals surface area contributed by atoms with Crippen LogP contribution >= 0.6 is 33.7 Å². The van der Waals surface area contributed by atoms with E-state index in [0.29, 0.717) is 10.7 Å². The number of aromatic nitrogens is 1. The van der Waals surface area contributed by atoms with Gasteiger partial charge < -0.3 is 9.80 Å². The number of nitrogens with zero attached hydrogens (tertiary/aromatic N) is 3. The fraction of sp³-hybridized carbons (Fsp3) is 0.444. The molecular formula is C9H13BIN3O2S. The highest BCUT2D eigenvalue weighted by atomic mass is 127. The van der Waals surface area contributed by atoms with Gasteiger partial charge in [0.1, 0.15) is 5.69 Å². The van der Waals surface area contributed by atoms with E-state index in [9.17, 15) is 9.59 Å². The summed E-state index contributed by atoms with van der Waals surface area (Å²) >= 11 is 2.83. The highest BCUT2D eigenvalue weighted by Crippen LogP contribution is 2.12. The minimum Gasteiger partial charge on any atom is -0.343 e. The molecule has 5 nitrogen and oxygen atoms in total. The van der Waals surface area contributed by atoms with Crippen LogP contribution in [0, 0.1) is 0 Å². The minimum absolute atomic E-state index is 0.183. The lowest BCUT2D eigenvalue weighted by Gasteiger charge is -2.07. The summed E-state index contributed by atoms with van der Waals surface area (Å²) in [5.74, 6) is -0.373. The first kappa shape index (κ1) is 16.4. The zero-order valence-corrected chi connectivity index (χ0v) is 13.1. The normalized spacial score (nSPS) is 9.00. The van der Waals surface area contributed by atoms with Crippen LogP contribution in [0.2, 0.25) is 0 Å². The van der Waals surface area contributed by atoms with Gasteiger partial charge in [-0.25, -0.2) is 4.98 Å². The Labute approximate surface area is 119 Å². The van der Waals surface area contributed by atoms with E-state index in [-0.39, 0.29) is 11.8 Å². The van der Waals surface area contributed by atoms with Gasteiger partial charge in [0, 0.05) is 33.6 Å². The Kier molecular flexibility index (Phi) is 7.36. The van der Waals surface area contributed by atoms with Crippen LogP contribution in [0.1, 0.15) is 20.3 Å². The van der Waals surface area contributed by atoms with Gasteiger partial charge in [0.25, 0.3) is 11.8 Å². The predicted octanol–water partition coefficient (Wildman–Crippen LogP) is 1.05. The summed E-state index contributed by atoms with van der Waals surface area (Å²) in [4.78, 5) is 29.8. The maximum absolute atomic E-state index is 11.5. The molecule has 0 aromatic carbocycles. The molecule has 0 atom stereocenters. The van der Waals surface area contributed by atoms with Gasteiger partial charge in [-0.15, -0.1) is 11.3 Å². The summed E-state index contributed by atoms with van der Waals surface area (Å²) in [7, 11) is 6.60. The fourth-order valence-electron chi connectivity index (χ4n) is 0.891. The van der Waals surface area contributed by atoms with E-state index in [2.05, 4.69) is 10.7 Å². The molecule has 0 saturated heterocycles. The molecule has 1 heterocycles. The highest BCUT2D eigenvalue weighted by molar-refractivity contribution is 14.1. The van der Waals surface area contributed by atoms with Crippen LogP contribution in [0.3, 0.4) is 0 Å². The van der Waals surface area contributed by atoms with Crippen molar-refractivity contribution >= 4 is 51.2 Å². The molecule has 0 unspecified atom stereocenters. The van der Waals surface area contributed by atoms with Gasteiger partial charge in [0.15, 0.2) is 10.7 Å². The first-order valence-electron chi connectivity index (χ1n) is 4.54. The van der Waals surface area contributed by atoms with Crippen molar-refractivity contribution in [2.45, 2.75) is 0 Å². The summed E-state index contributed by atoms with van der Waals surface area (Å²) < 4.78 is 0. The number of rotatable bonds is 2. The molecule has 0 saturated carbocycles. The van der Waals surface area contributed by atoms with E-state index >= 15 is 0 Å². The van der Waals surface area contributed by atoms with Crippen molar-refractivity contribution in [3.8, 4) is 0 Å². The number of hydrogen-bond acceptors (Lipinski definition) is 4. The Hall–Kier alpha value is -0.635. The molecule has 1 rings (SSSR count). The quantitative estimate of drug-likeness (QED) is 0.582. The predicted molar refractivity (Wildman–Crippen MR) is 77.9 cm³/mol. The second-order valence-electron chi connectivity index (χ2n) is 3.44. The SMILES string of the molecule is CN(C)C(=O)c1csc(C(=O)N(C)C)n1.[B]I. The van der Waals surface area contributed by atoms with Crippen molar-refractivity contribution in [2.75, 3.05) is 28.2 Å². The number of carbonyl (C=O) groups excluding carboxylic acids is 2. The van der Waals surface area contributed by atoms with Crippen LogP contribution in [-0.2, 0) is 0 Å². The second kappa shape index (κ2) is 7.64. The fourth-order valence-corrected chi connectivity index (χ4v) is 1.70. The van der Waals surface area contributed by atoms with E-state index in [1.807, 2.05) is 0 Å². The van der Waals surface area contributed by atoms with E-state index in [1.165, 1.54) is 21.1 Å². The van der Waals surface area contributed by atoms with Gasteiger partial charge in [-0.1, -0.05) is 0 Å². The summed E-state index contributed by atoms with van der Waals surface area (Å²) in [6, 6.07) is 0. The van der Waals surface area contributed by atoms with Crippen molar-refractivity contribution in [3.63, 3.8) is 0 Å². The van der Waals surface area contributed by atoms with E-state index < -0.39 is 0 Å². The monoisotopic (exact) mass is 365 g/mol. The summed E-state index contributed by atoms with van der Waals surface area (Å²) in [5, 5.41) is 1.93. The van der Waals surface area contributed by atoms with Gasteiger partial charge >= 0.3 is 0 Å². The van der Waals surface area contributed by atoms with E-state index in [4.69, 9.17) is 0 Å². The van der Waals surface area contributed by atoms with Gasteiger partial charge in [-0.3, -0.25) is 9.59 Å². The Morgan fingerprint density at radius 3 is 2.06 bits per heavy atom. The van der Waals surface area contributed by atoms with E-state index in [0.717, 1.165) is 0 Å². The minimum atomic E-state index is -0.191. The summed E-state index contributed by atoms with van der Waals surface area (Å²) in [6.07, 6.45) is 0. The van der Waals surface area contributed by atoms with Crippen LogP contribution in [0.15, 0.2) is 5.38 Å². The number of amides is 2. The van der Waals surface area contributed by atoms with Crippen molar-refractivity contribution in [1.29, 1.82) is 0 Å². The molecule has 8 heteroatoms. The lowest BCUT2D eigenvalue weighted by molar-refractivity contribution is 0.0820. The molecule has 1 aromatic rings. The van der Waals surface area contributed by atoms with Crippen molar-refractivity contribution in [1.82, 2.24) is 14.8 Å². The maximum atomic E-state index is 11.5. The number of hydrogen-bond donors (Lipinski definition) is 0. The lowest BCUT2D eigenvalue weighted by Crippen LogP contribution is -2.24. The van der Waals surface area contributed by atoms with Gasteiger partial charge in [-0.2, -0.15) is 22.4 Å². The van der Waals surface area contributed by atoms with Crippen LogP contribution in [0.4, 0.5) is 0 Å². The average Bonchev–Trinajstić information content (AvgIpc) is 2.78. The highest BCUT2D eigenvalue weighted by Gasteiger charge is 2.17. The van der Waals surface area contributed by atoms with Crippen LogP contribution in [-0.4, -0.2) is 60.5 Å². The second-order valence-corrected chi connectivity index (χ2v) is 4.30. The number of carbonyl (C=O) groups is 2. The molecule has 0 fully saturated rings. The molecule has 0 aliphatic heterocycles. The summed E-state index contributed by atoms with van der Waals surface area (Å²) in [5.41, 5.74) is 4.78. The average molecular weight is 365 g/mol. The van der Waals surface area contributed by atoms with Crippen LogP contribution in [0.5, 0.6) is 0 Å². The molecule has 0 aliphatic carbocycles. The van der Waals surface area contributed by atoms with E-state index in [1.54, 1.807) is 55.9 Å². The molecule has 0 spiro atoms. The molecule has 17 heavy (non-hydrogen) atoms. The van der Waals surface area contributed by atoms with Gasteiger partial charge in [0.2, 0.25) is 0 Å². The molecule has 0 N–H and O–H groups in total. The Morgan fingerprint density at radius 2 is 1.65 bits per heavy atom. The largest absolute Gasteiger partial charge is 0.343 e. The standard InChI is InChI=1S/C9H13N3O2S.BI/c1-11(2)8(13)6-5-15-7(10-6)9(14)12(3)4;1-2/h5H,1-4H3;. The Morgan fingerprint density at radius 1 is 1.18 bits per heavy atom. The third kappa shape index (κ3) is 4.62. The Balaban J connectivity index is 0.00000121. The first-order valence-corrected chi connectivity index (χ1v) is 6.66. The molecule has 92 valence electrons. The van der Waals surface area contributed by atoms with Gasteiger partial charge in [0.05, 0.1) is 0 Å². The number of halogens is 1. The van der Waals surface area contributed by atoms with Gasteiger partial charge in [-0.05, 0) is 0 Å². The van der Waals surface area contributed by atoms with Crippen molar-refractivity contribution < 1.29 is 9.59 Å². The van der Waals surface area contributed by atoms with Crippen LogP contribution in [0.25, 0.3) is 0 Å². The molecule has 0 bridgehead atoms. The first-order chi connectivity index (χ1) is 7.93. The summed E-state index contributed by atoms with van der Waals surface area (Å²) in [6.45, 7) is 0. The Bertz CT molecular complexity index is 361. The third-order valence-electron chi connectivity index (χ3n) is 1.72. The zero-order chi connectivity index (χ0) is 13.6. The lowest BCUT2D eigenvalue weighted by atomic mass is 10.4. The topological polar surface area (TPSA) is 53.5 Å². The molecule has 0 aliphatic rings.